The van der Waals surface area contributed by atoms with Gasteiger partial charge in [0, 0.05) is 5.75 Å². The van der Waals surface area contributed by atoms with Crippen molar-refractivity contribution in [1.82, 2.24) is 4.90 Å². The molecule has 0 N–H and O–H groups in total. The Bertz CT molecular complexity index is 185. The minimum atomic E-state index is -0.486. The van der Waals surface area contributed by atoms with E-state index in [0.29, 0.717) is 11.6 Å². The van der Waals surface area contributed by atoms with Crippen LogP contribution in [0.1, 0.15) is 0 Å². The number of nitrogens with zero attached hydrogens (tertiary/aromatic N) is 1. The van der Waals surface area contributed by atoms with Crippen molar-refractivity contribution < 1.29 is 14.3 Å². The molecular weight excluding hydrogens is 154 g/mol. The van der Waals surface area contributed by atoms with Gasteiger partial charge in [-0.25, -0.2) is 9.59 Å². The number of carbonyl (C=O) groups excluding carboxylic acids is 2. The molecule has 0 aromatic rings. The first-order valence-corrected chi connectivity index (χ1v) is 4.04. The van der Waals surface area contributed by atoms with E-state index < -0.39 is 12.1 Å². The van der Waals surface area contributed by atoms with Gasteiger partial charge in [-0.15, -0.1) is 11.8 Å². The third-order valence-electron chi connectivity index (χ3n) is 1.58. The van der Waals surface area contributed by atoms with Gasteiger partial charge in [0.25, 0.3) is 0 Å². The topological polar surface area (TPSA) is 46.6 Å². The standard InChI is InChI=1S/C5H5NO3S/c7-4-3-1-10-2-6(3)5(8)9-4/h3H,1-2H2/t3-/m0/s1. The van der Waals surface area contributed by atoms with Gasteiger partial charge in [0.05, 0.1) is 5.88 Å². The summed E-state index contributed by atoms with van der Waals surface area (Å²) in [5.41, 5.74) is 0. The van der Waals surface area contributed by atoms with Crippen molar-refractivity contribution in [3.05, 3.63) is 0 Å². The van der Waals surface area contributed by atoms with Crippen molar-refractivity contribution in [1.29, 1.82) is 0 Å². The summed E-state index contributed by atoms with van der Waals surface area (Å²) in [5.74, 6) is 0.884. The number of hydrogen-bond donors (Lipinski definition) is 0. The number of fused-ring (bicyclic) bond motifs is 1. The normalized spacial score (nSPS) is 30.8. The molecule has 1 amide bonds. The van der Waals surface area contributed by atoms with Crippen LogP contribution in [0.25, 0.3) is 0 Å². The van der Waals surface area contributed by atoms with Crippen molar-refractivity contribution in [2.24, 2.45) is 0 Å². The number of esters is 1. The van der Waals surface area contributed by atoms with Crippen LogP contribution in [-0.2, 0) is 9.53 Å². The smallest absolute Gasteiger partial charge is 0.375 e. The second-order valence-electron chi connectivity index (χ2n) is 2.17. The molecule has 4 nitrogen and oxygen atoms in total. The summed E-state index contributed by atoms with van der Waals surface area (Å²) in [6.45, 7) is 0. The highest BCUT2D eigenvalue weighted by Crippen LogP contribution is 2.26. The zero-order valence-electron chi connectivity index (χ0n) is 5.07. The fourth-order valence-corrected chi connectivity index (χ4v) is 2.16. The highest BCUT2D eigenvalue weighted by molar-refractivity contribution is 7.99. The van der Waals surface area contributed by atoms with Crippen molar-refractivity contribution >= 4 is 23.8 Å². The average Bonchev–Trinajstić information content (AvgIpc) is 2.39. The fraction of sp³-hybridized carbons (Fsp3) is 0.600. The van der Waals surface area contributed by atoms with Crippen LogP contribution in [0, 0.1) is 0 Å². The van der Waals surface area contributed by atoms with Crippen LogP contribution in [0.4, 0.5) is 4.79 Å². The molecule has 2 aliphatic rings. The summed E-state index contributed by atoms with van der Waals surface area (Å²) in [6, 6.07) is -0.294. The molecule has 10 heavy (non-hydrogen) atoms. The third-order valence-corrected chi connectivity index (χ3v) is 2.59. The number of rotatable bonds is 0. The molecule has 2 fully saturated rings. The predicted octanol–water partition coefficient (Wildman–Crippen LogP) is 0.0381. The van der Waals surface area contributed by atoms with Crippen LogP contribution in [0.15, 0.2) is 0 Å². The van der Waals surface area contributed by atoms with Gasteiger partial charge in [-0.1, -0.05) is 0 Å². The molecule has 2 heterocycles. The summed E-state index contributed by atoms with van der Waals surface area (Å²) in [5, 5.41) is 0. The van der Waals surface area contributed by atoms with Gasteiger partial charge in [-0.2, -0.15) is 0 Å². The maximum absolute atomic E-state index is 10.8. The van der Waals surface area contributed by atoms with Crippen LogP contribution in [-0.4, -0.2) is 34.6 Å². The Morgan fingerprint density at radius 2 is 2.40 bits per heavy atom. The zero-order valence-corrected chi connectivity index (χ0v) is 5.89. The van der Waals surface area contributed by atoms with E-state index in [4.69, 9.17) is 0 Å². The monoisotopic (exact) mass is 159 g/mol. The van der Waals surface area contributed by atoms with E-state index in [9.17, 15) is 9.59 Å². The molecule has 2 saturated heterocycles. The minimum absolute atomic E-state index is 0.294. The molecule has 1 atom stereocenters. The highest BCUT2D eigenvalue weighted by atomic mass is 32.2. The molecule has 2 rings (SSSR count). The zero-order chi connectivity index (χ0) is 7.14. The molecule has 2 aliphatic heterocycles. The lowest BCUT2D eigenvalue weighted by molar-refractivity contribution is -0.135. The van der Waals surface area contributed by atoms with Crippen molar-refractivity contribution in [3.63, 3.8) is 0 Å². The summed E-state index contributed by atoms with van der Waals surface area (Å²) in [6.07, 6.45) is -0.486. The Labute approximate surface area is 61.5 Å². The van der Waals surface area contributed by atoms with Crippen LogP contribution < -0.4 is 0 Å². The van der Waals surface area contributed by atoms with E-state index in [-0.39, 0.29) is 6.04 Å². The molecule has 5 heteroatoms. The molecule has 0 unspecified atom stereocenters. The number of carbonyl (C=O) groups is 2. The molecule has 0 aromatic heterocycles. The van der Waals surface area contributed by atoms with E-state index in [1.54, 1.807) is 11.8 Å². The number of cyclic esters (lactones) is 2. The number of amides is 1. The quantitative estimate of drug-likeness (QED) is 0.370. The second-order valence-corrected chi connectivity index (χ2v) is 3.17. The van der Waals surface area contributed by atoms with Gasteiger partial charge < -0.3 is 4.74 Å². The first-order valence-electron chi connectivity index (χ1n) is 2.89. The van der Waals surface area contributed by atoms with Crippen molar-refractivity contribution in [3.8, 4) is 0 Å². The fourth-order valence-electron chi connectivity index (χ4n) is 1.03. The summed E-state index contributed by atoms with van der Waals surface area (Å²) < 4.78 is 4.36. The summed E-state index contributed by atoms with van der Waals surface area (Å²) >= 11 is 1.58. The maximum atomic E-state index is 10.8. The molecule has 54 valence electrons. The van der Waals surface area contributed by atoms with Crippen LogP contribution in [0.2, 0.25) is 0 Å². The Kier molecular flexibility index (Phi) is 1.14. The van der Waals surface area contributed by atoms with Gasteiger partial charge in [0.1, 0.15) is 6.04 Å². The number of thioether (sulfide) groups is 1. The van der Waals surface area contributed by atoms with Crippen LogP contribution >= 0.6 is 11.8 Å². The predicted molar refractivity (Wildman–Crippen MR) is 34.4 cm³/mol. The van der Waals surface area contributed by atoms with Crippen molar-refractivity contribution in [2.75, 3.05) is 11.6 Å². The molecule has 0 saturated carbocycles. The van der Waals surface area contributed by atoms with E-state index in [0.717, 1.165) is 0 Å². The Morgan fingerprint density at radius 3 is 3.10 bits per heavy atom. The van der Waals surface area contributed by atoms with E-state index >= 15 is 0 Å². The average molecular weight is 159 g/mol. The van der Waals surface area contributed by atoms with Gasteiger partial charge in [-0.05, 0) is 0 Å². The van der Waals surface area contributed by atoms with Crippen LogP contribution in [0.3, 0.4) is 0 Å². The first kappa shape index (κ1) is 6.03. The van der Waals surface area contributed by atoms with Crippen LogP contribution in [0.5, 0.6) is 0 Å². The lowest BCUT2D eigenvalue weighted by atomic mass is 10.3. The molecule has 0 radical (unpaired) electrons. The van der Waals surface area contributed by atoms with Gasteiger partial charge in [-0.3, -0.25) is 4.90 Å². The minimum Gasteiger partial charge on any atom is -0.375 e. The van der Waals surface area contributed by atoms with E-state index in [2.05, 4.69) is 4.74 Å². The first-order chi connectivity index (χ1) is 4.79. The van der Waals surface area contributed by atoms with E-state index in [1.165, 1.54) is 4.90 Å². The molecule has 0 spiro atoms. The lowest BCUT2D eigenvalue weighted by Crippen LogP contribution is -2.29. The van der Waals surface area contributed by atoms with Gasteiger partial charge >= 0.3 is 12.1 Å². The molecule has 0 bridgehead atoms. The molecular formula is C5H5NO3S. The highest BCUT2D eigenvalue weighted by Gasteiger charge is 2.44. The number of hydrogen-bond acceptors (Lipinski definition) is 4. The summed E-state index contributed by atoms with van der Waals surface area (Å²) in [4.78, 5) is 23.0. The molecule has 0 aliphatic carbocycles. The SMILES string of the molecule is O=C1OC(=O)N2CSC[C@@H]12. The largest absolute Gasteiger partial charge is 0.419 e. The second kappa shape index (κ2) is 1.88. The van der Waals surface area contributed by atoms with Gasteiger partial charge in [0.2, 0.25) is 0 Å². The van der Waals surface area contributed by atoms with Gasteiger partial charge in [0.15, 0.2) is 0 Å². The Hall–Kier alpha value is -0.710. The van der Waals surface area contributed by atoms with E-state index in [1.807, 2.05) is 0 Å². The summed E-state index contributed by atoms with van der Waals surface area (Å²) in [7, 11) is 0. The molecule has 0 aromatic carbocycles. The third kappa shape index (κ3) is 0.636. The van der Waals surface area contributed by atoms with Crippen molar-refractivity contribution in [2.45, 2.75) is 6.04 Å². The maximum Gasteiger partial charge on any atom is 0.419 e. The lowest BCUT2D eigenvalue weighted by Gasteiger charge is -2.05. The number of ether oxygens (including phenoxy) is 1. The Morgan fingerprint density at radius 1 is 1.60 bits per heavy atom. The Balaban J connectivity index is 2.27.